The lowest BCUT2D eigenvalue weighted by atomic mass is 10.1. The molecule has 33 heavy (non-hydrogen) atoms. The van der Waals surface area contributed by atoms with Gasteiger partial charge in [0.1, 0.15) is 17.1 Å². The number of rotatable bonds is 6. The molecule has 0 atom stereocenters. The molecule has 8 nitrogen and oxygen atoms in total. The van der Waals surface area contributed by atoms with E-state index in [1.54, 1.807) is 60.7 Å². The number of carbonyl (C=O) groups is 3. The first kappa shape index (κ1) is 23.2. The average molecular weight is 445 g/mol. The van der Waals surface area contributed by atoms with Crippen LogP contribution in [-0.2, 0) is 9.59 Å². The normalized spacial score (nSPS) is 10.5. The third-order valence-electron chi connectivity index (χ3n) is 4.79. The van der Waals surface area contributed by atoms with Gasteiger partial charge < -0.3 is 14.8 Å². The summed E-state index contributed by atoms with van der Waals surface area (Å²) in [4.78, 5) is 36.7. The maximum Gasteiger partial charge on any atom is 0.347 e. The van der Waals surface area contributed by atoms with Gasteiger partial charge in [0.15, 0.2) is 0 Å². The maximum absolute atomic E-state index is 12.6. The topological polar surface area (TPSA) is 106 Å². The summed E-state index contributed by atoms with van der Waals surface area (Å²) in [5, 5.41) is 6.33. The Bertz CT molecular complexity index is 1220. The summed E-state index contributed by atoms with van der Waals surface area (Å²) in [6, 6.07) is 18.7. The molecule has 0 spiro atoms. The minimum absolute atomic E-state index is 0.228. The van der Waals surface area contributed by atoms with E-state index in [4.69, 9.17) is 9.47 Å². The Morgan fingerprint density at radius 1 is 0.848 bits per heavy atom. The Morgan fingerprint density at radius 3 is 2.27 bits per heavy atom. The van der Waals surface area contributed by atoms with E-state index in [0.29, 0.717) is 17.0 Å². The van der Waals surface area contributed by atoms with E-state index in [-0.39, 0.29) is 11.3 Å². The van der Waals surface area contributed by atoms with Crippen molar-refractivity contribution in [2.75, 3.05) is 12.4 Å². The van der Waals surface area contributed by atoms with Gasteiger partial charge in [-0.1, -0.05) is 30.3 Å². The number of hydrogen-bond acceptors (Lipinski definition) is 6. The first-order valence-electron chi connectivity index (χ1n) is 10.0. The van der Waals surface area contributed by atoms with Crippen molar-refractivity contribution in [2.24, 2.45) is 5.10 Å². The predicted molar refractivity (Wildman–Crippen MR) is 125 cm³/mol. The Morgan fingerprint density at radius 2 is 1.55 bits per heavy atom. The van der Waals surface area contributed by atoms with Gasteiger partial charge in [0.2, 0.25) is 0 Å². The van der Waals surface area contributed by atoms with Crippen LogP contribution >= 0.6 is 0 Å². The molecule has 0 aliphatic rings. The zero-order valence-electron chi connectivity index (χ0n) is 18.4. The van der Waals surface area contributed by atoms with E-state index in [1.165, 1.54) is 13.3 Å². The molecule has 168 valence electrons. The minimum Gasteiger partial charge on any atom is -0.496 e. The number of esters is 1. The van der Waals surface area contributed by atoms with E-state index >= 15 is 0 Å². The maximum atomic E-state index is 12.6. The van der Waals surface area contributed by atoms with E-state index in [2.05, 4.69) is 15.8 Å². The number of ether oxygens (including phenoxy) is 2. The van der Waals surface area contributed by atoms with E-state index in [9.17, 15) is 14.4 Å². The van der Waals surface area contributed by atoms with Crippen molar-refractivity contribution in [1.29, 1.82) is 0 Å². The molecular formula is C25H23N3O5. The van der Waals surface area contributed by atoms with E-state index in [0.717, 1.165) is 11.1 Å². The monoisotopic (exact) mass is 445 g/mol. The molecule has 0 fully saturated rings. The number of anilines is 1. The molecule has 0 aliphatic carbocycles. The Balaban J connectivity index is 1.64. The molecule has 0 aliphatic heterocycles. The first-order valence-corrected chi connectivity index (χ1v) is 10.0. The first-order chi connectivity index (χ1) is 15.9. The SMILES string of the molecule is COc1ccccc1C(=O)Oc1ccccc1/C=N/NC(=O)C(=O)Nc1ccc(C)c(C)c1. The second-order valence-electron chi connectivity index (χ2n) is 7.08. The summed E-state index contributed by atoms with van der Waals surface area (Å²) in [7, 11) is 1.46. The largest absolute Gasteiger partial charge is 0.496 e. The fourth-order valence-electron chi connectivity index (χ4n) is 2.87. The van der Waals surface area contributed by atoms with Crippen molar-refractivity contribution in [3.05, 3.63) is 89.0 Å². The molecule has 0 saturated carbocycles. The number of hydrogen-bond donors (Lipinski definition) is 2. The number of para-hydroxylation sites is 2. The Kier molecular flexibility index (Phi) is 7.54. The second-order valence-corrected chi connectivity index (χ2v) is 7.08. The Hall–Kier alpha value is -4.46. The highest BCUT2D eigenvalue weighted by molar-refractivity contribution is 6.39. The van der Waals surface area contributed by atoms with Crippen LogP contribution in [0.25, 0.3) is 0 Å². The van der Waals surface area contributed by atoms with Crippen LogP contribution in [0.1, 0.15) is 27.0 Å². The molecule has 0 unspecified atom stereocenters. The number of nitrogens with one attached hydrogen (secondary N) is 2. The van der Waals surface area contributed by atoms with Crippen LogP contribution in [-0.4, -0.2) is 31.1 Å². The van der Waals surface area contributed by atoms with Crippen LogP contribution in [0.5, 0.6) is 11.5 Å². The molecular weight excluding hydrogens is 422 g/mol. The quantitative estimate of drug-likeness (QED) is 0.198. The molecule has 0 bridgehead atoms. The van der Waals surface area contributed by atoms with Crippen LogP contribution in [0.3, 0.4) is 0 Å². The second kappa shape index (κ2) is 10.7. The highest BCUT2D eigenvalue weighted by Crippen LogP contribution is 2.22. The molecule has 0 aromatic heterocycles. The van der Waals surface area contributed by atoms with Gasteiger partial charge in [-0.3, -0.25) is 9.59 Å². The lowest BCUT2D eigenvalue weighted by Gasteiger charge is -2.10. The number of amides is 2. The summed E-state index contributed by atoms with van der Waals surface area (Å²) >= 11 is 0. The summed E-state index contributed by atoms with van der Waals surface area (Å²) < 4.78 is 10.7. The molecule has 0 heterocycles. The summed E-state index contributed by atoms with van der Waals surface area (Å²) in [5.41, 5.74) is 5.44. The van der Waals surface area contributed by atoms with Crippen molar-refractivity contribution in [3.8, 4) is 11.5 Å². The molecule has 2 amide bonds. The number of carbonyl (C=O) groups excluding carboxylic acids is 3. The van der Waals surface area contributed by atoms with Gasteiger partial charge in [-0.25, -0.2) is 10.2 Å². The van der Waals surface area contributed by atoms with Crippen LogP contribution in [0.2, 0.25) is 0 Å². The Labute approximate surface area is 191 Å². The predicted octanol–water partition coefficient (Wildman–Crippen LogP) is 3.62. The van der Waals surface area contributed by atoms with Crippen LogP contribution in [0.15, 0.2) is 71.8 Å². The number of hydrazone groups is 1. The van der Waals surface area contributed by atoms with E-state index in [1.807, 2.05) is 19.9 Å². The van der Waals surface area contributed by atoms with Gasteiger partial charge in [0.05, 0.1) is 13.3 Å². The molecule has 0 saturated heterocycles. The lowest BCUT2D eigenvalue weighted by molar-refractivity contribution is -0.136. The zero-order chi connectivity index (χ0) is 23.8. The van der Waals surface area contributed by atoms with E-state index < -0.39 is 17.8 Å². The fraction of sp³-hybridized carbons (Fsp3) is 0.120. The van der Waals surface area contributed by atoms with Crippen molar-refractivity contribution in [2.45, 2.75) is 13.8 Å². The van der Waals surface area contributed by atoms with Crippen molar-refractivity contribution in [3.63, 3.8) is 0 Å². The summed E-state index contributed by atoms with van der Waals surface area (Å²) in [6.45, 7) is 3.86. The highest BCUT2D eigenvalue weighted by Gasteiger charge is 2.16. The molecule has 0 radical (unpaired) electrons. The molecule has 3 rings (SSSR count). The van der Waals surface area contributed by atoms with Crippen molar-refractivity contribution < 1.29 is 23.9 Å². The average Bonchev–Trinajstić information content (AvgIpc) is 2.82. The number of nitrogens with zero attached hydrogens (tertiary/aromatic N) is 1. The number of aryl methyl sites for hydroxylation is 2. The minimum atomic E-state index is -0.937. The van der Waals surface area contributed by atoms with Crippen molar-refractivity contribution in [1.82, 2.24) is 5.43 Å². The standard InChI is InChI=1S/C25H23N3O5/c1-16-12-13-19(14-17(16)2)27-23(29)24(30)28-26-15-18-8-4-6-10-21(18)33-25(31)20-9-5-7-11-22(20)32-3/h4-15H,1-3H3,(H,27,29)(H,28,30)/b26-15+. The molecule has 3 aromatic rings. The van der Waals surface area contributed by atoms with Crippen LogP contribution in [0.4, 0.5) is 5.69 Å². The molecule has 2 N–H and O–H groups in total. The van der Waals surface area contributed by atoms with Gasteiger partial charge in [-0.15, -0.1) is 0 Å². The number of benzene rings is 3. The van der Waals surface area contributed by atoms with Crippen molar-refractivity contribution >= 4 is 29.7 Å². The van der Waals surface area contributed by atoms with Gasteiger partial charge in [-0.2, -0.15) is 5.10 Å². The van der Waals surface area contributed by atoms with Gasteiger partial charge in [-0.05, 0) is 61.4 Å². The fourth-order valence-corrected chi connectivity index (χ4v) is 2.87. The smallest absolute Gasteiger partial charge is 0.347 e. The third kappa shape index (κ3) is 6.04. The van der Waals surface area contributed by atoms with Gasteiger partial charge in [0, 0.05) is 11.3 Å². The number of methoxy groups -OCH3 is 1. The third-order valence-corrected chi connectivity index (χ3v) is 4.79. The summed E-state index contributed by atoms with van der Waals surface area (Å²) in [6.07, 6.45) is 1.28. The lowest BCUT2D eigenvalue weighted by Crippen LogP contribution is -2.32. The summed E-state index contributed by atoms with van der Waals surface area (Å²) in [5.74, 6) is -1.79. The van der Waals surface area contributed by atoms with Gasteiger partial charge in [0.25, 0.3) is 0 Å². The van der Waals surface area contributed by atoms with Gasteiger partial charge >= 0.3 is 17.8 Å². The van der Waals surface area contributed by atoms with Crippen LogP contribution < -0.4 is 20.2 Å². The van der Waals surface area contributed by atoms with Crippen LogP contribution in [0, 0.1) is 13.8 Å². The zero-order valence-corrected chi connectivity index (χ0v) is 18.4. The molecule has 3 aromatic carbocycles. The molecule has 8 heteroatoms. The highest BCUT2D eigenvalue weighted by atomic mass is 16.5.